The van der Waals surface area contributed by atoms with Crippen LogP contribution in [0.4, 0.5) is 22.9 Å². The fourth-order valence-electron chi connectivity index (χ4n) is 5.78. The van der Waals surface area contributed by atoms with Gasteiger partial charge in [-0.1, -0.05) is 54.6 Å². The van der Waals surface area contributed by atoms with Gasteiger partial charge in [-0.25, -0.2) is 19.5 Å². The number of benzene rings is 4. The SMILES string of the molecule is CCOC(=O)c1ccc(NC2=Nc3ccccc3N3C2=Nc2c(c(C)nn2-c2ccccc2)C3c2ccccc2C)cc1. The Hall–Kier alpha value is -5.50. The van der Waals surface area contributed by atoms with Gasteiger partial charge in [0.15, 0.2) is 17.5 Å². The molecule has 1 atom stereocenters. The molecule has 0 saturated carbocycles. The van der Waals surface area contributed by atoms with Crippen LogP contribution >= 0.6 is 0 Å². The predicted molar refractivity (Wildman–Crippen MR) is 170 cm³/mol. The van der Waals surface area contributed by atoms with Crippen LogP contribution in [-0.4, -0.2) is 34.0 Å². The molecule has 0 saturated heterocycles. The number of nitrogens with zero attached hydrogens (tertiary/aromatic N) is 5. The molecule has 212 valence electrons. The maximum Gasteiger partial charge on any atom is 0.338 e. The third kappa shape index (κ3) is 4.57. The average Bonchev–Trinajstić information content (AvgIpc) is 3.37. The first-order chi connectivity index (χ1) is 21.0. The van der Waals surface area contributed by atoms with Crippen LogP contribution in [0.1, 0.15) is 45.7 Å². The monoisotopic (exact) mass is 566 g/mol. The minimum atomic E-state index is -0.348. The van der Waals surface area contributed by atoms with Crippen LogP contribution in [0, 0.1) is 13.8 Å². The number of aliphatic imine (C=N–C) groups is 2. The molecular weight excluding hydrogens is 536 g/mol. The van der Waals surface area contributed by atoms with Crippen molar-refractivity contribution in [2.45, 2.75) is 26.8 Å². The van der Waals surface area contributed by atoms with Crippen LogP contribution in [0.15, 0.2) is 113 Å². The lowest BCUT2D eigenvalue weighted by Crippen LogP contribution is -2.46. The largest absolute Gasteiger partial charge is 0.462 e. The molecule has 8 nitrogen and oxygen atoms in total. The van der Waals surface area contributed by atoms with Crippen molar-refractivity contribution in [1.82, 2.24) is 9.78 Å². The summed E-state index contributed by atoms with van der Waals surface area (Å²) in [6.07, 6.45) is 0. The summed E-state index contributed by atoms with van der Waals surface area (Å²) in [7, 11) is 0. The number of nitrogens with one attached hydrogen (secondary N) is 1. The van der Waals surface area contributed by atoms with E-state index < -0.39 is 0 Å². The summed E-state index contributed by atoms with van der Waals surface area (Å²) in [4.78, 5) is 24.9. The van der Waals surface area contributed by atoms with Gasteiger partial charge in [-0.3, -0.25) is 0 Å². The topological polar surface area (TPSA) is 84.1 Å². The second-order valence-corrected chi connectivity index (χ2v) is 10.5. The molecule has 3 heterocycles. The lowest BCUT2D eigenvalue weighted by molar-refractivity contribution is 0.0526. The molecule has 1 unspecified atom stereocenters. The molecule has 5 aromatic rings. The van der Waals surface area contributed by atoms with E-state index in [1.165, 1.54) is 11.1 Å². The van der Waals surface area contributed by atoms with Crippen molar-refractivity contribution < 1.29 is 9.53 Å². The van der Waals surface area contributed by atoms with Crippen LogP contribution < -0.4 is 10.2 Å². The molecule has 1 aromatic heterocycles. The van der Waals surface area contributed by atoms with Gasteiger partial charge in [-0.15, -0.1) is 0 Å². The molecule has 0 radical (unpaired) electrons. The normalized spacial score (nSPS) is 15.0. The molecule has 4 aromatic carbocycles. The Balaban J connectivity index is 1.42. The smallest absolute Gasteiger partial charge is 0.338 e. The van der Waals surface area contributed by atoms with Crippen molar-refractivity contribution in [2.24, 2.45) is 9.98 Å². The van der Waals surface area contributed by atoms with E-state index in [1.807, 2.05) is 65.3 Å². The number of hydrogen-bond acceptors (Lipinski definition) is 7. The lowest BCUT2D eigenvalue weighted by Gasteiger charge is -2.41. The van der Waals surface area contributed by atoms with Crippen molar-refractivity contribution >= 4 is 40.5 Å². The second kappa shape index (κ2) is 10.7. The Morgan fingerprint density at radius 2 is 1.58 bits per heavy atom. The van der Waals surface area contributed by atoms with Crippen LogP contribution in [0.3, 0.4) is 0 Å². The third-order valence-corrected chi connectivity index (χ3v) is 7.78. The van der Waals surface area contributed by atoms with Crippen molar-refractivity contribution in [3.8, 4) is 5.69 Å². The molecule has 0 bridgehead atoms. The van der Waals surface area contributed by atoms with Crippen LogP contribution in [0.2, 0.25) is 0 Å². The molecular formula is C35H30N6O2. The maximum absolute atomic E-state index is 12.2. The zero-order valence-electron chi connectivity index (χ0n) is 24.2. The Morgan fingerprint density at radius 3 is 2.35 bits per heavy atom. The van der Waals surface area contributed by atoms with Crippen molar-refractivity contribution in [3.63, 3.8) is 0 Å². The predicted octanol–water partition coefficient (Wildman–Crippen LogP) is 7.46. The summed E-state index contributed by atoms with van der Waals surface area (Å²) in [5.74, 6) is 1.71. The van der Waals surface area contributed by atoms with Crippen molar-refractivity contribution in [1.29, 1.82) is 0 Å². The van der Waals surface area contributed by atoms with Crippen LogP contribution in [-0.2, 0) is 4.74 Å². The standard InChI is InChI=1S/C35H30N6O2/c1-4-43-35(42)24-18-20-25(21-19-24)36-32-34-38-33-30(23(3)39-41(33)26-13-6-5-7-14-26)31(27-15-9-8-12-22(27)2)40(34)29-17-11-10-16-28(29)37-32/h5-21,31H,4H2,1-3H3,(H,36,37). The van der Waals surface area contributed by atoms with Gasteiger partial charge in [0.25, 0.3) is 0 Å². The number of amidine groups is 2. The number of esters is 1. The zero-order valence-corrected chi connectivity index (χ0v) is 24.2. The number of carbonyl (C=O) groups excluding carboxylic acids is 1. The van der Waals surface area contributed by atoms with Gasteiger partial charge < -0.3 is 15.0 Å². The Kier molecular flexibility index (Phi) is 6.58. The highest BCUT2D eigenvalue weighted by molar-refractivity contribution is 6.51. The molecule has 1 N–H and O–H groups in total. The number of fused-ring (bicyclic) bond motifs is 4. The van der Waals surface area contributed by atoms with Gasteiger partial charge >= 0.3 is 5.97 Å². The molecule has 0 amide bonds. The quantitative estimate of drug-likeness (QED) is 0.223. The van der Waals surface area contributed by atoms with Gasteiger partial charge in [0.1, 0.15) is 0 Å². The second-order valence-electron chi connectivity index (χ2n) is 10.5. The number of para-hydroxylation sites is 3. The number of rotatable bonds is 5. The maximum atomic E-state index is 12.2. The first-order valence-electron chi connectivity index (χ1n) is 14.3. The number of ether oxygens (including phenoxy) is 1. The lowest BCUT2D eigenvalue weighted by atomic mass is 9.90. The highest BCUT2D eigenvalue weighted by atomic mass is 16.5. The highest BCUT2D eigenvalue weighted by Crippen LogP contribution is 2.48. The average molecular weight is 567 g/mol. The summed E-state index contributed by atoms with van der Waals surface area (Å²) in [6, 6.07) is 33.7. The molecule has 2 aliphatic heterocycles. The van der Waals surface area contributed by atoms with E-state index in [0.29, 0.717) is 23.8 Å². The molecule has 0 aliphatic carbocycles. The summed E-state index contributed by atoms with van der Waals surface area (Å²) >= 11 is 0. The molecule has 0 fully saturated rings. The number of hydrogen-bond donors (Lipinski definition) is 1. The first kappa shape index (κ1) is 26.4. The number of aromatic nitrogens is 2. The number of carbonyl (C=O) groups is 1. The third-order valence-electron chi connectivity index (χ3n) is 7.78. The van der Waals surface area contributed by atoms with Gasteiger partial charge in [-0.05, 0) is 80.4 Å². The van der Waals surface area contributed by atoms with E-state index >= 15 is 0 Å². The van der Waals surface area contributed by atoms with Crippen molar-refractivity contribution in [2.75, 3.05) is 16.8 Å². The minimum Gasteiger partial charge on any atom is -0.462 e. The van der Waals surface area contributed by atoms with Gasteiger partial charge in [-0.2, -0.15) is 5.10 Å². The summed E-state index contributed by atoms with van der Waals surface area (Å²) < 4.78 is 7.08. The number of anilines is 2. The molecule has 2 aliphatic rings. The van der Waals surface area contributed by atoms with Crippen LogP contribution in [0.5, 0.6) is 0 Å². The van der Waals surface area contributed by atoms with Crippen molar-refractivity contribution in [3.05, 3.63) is 131 Å². The Labute approximate surface area is 250 Å². The Bertz CT molecular complexity index is 1910. The fraction of sp³-hybridized carbons (Fsp3) is 0.143. The van der Waals surface area contributed by atoms with E-state index in [0.717, 1.165) is 39.8 Å². The first-order valence-corrected chi connectivity index (χ1v) is 14.3. The summed E-state index contributed by atoms with van der Waals surface area (Å²) in [6.45, 7) is 6.32. The highest BCUT2D eigenvalue weighted by Gasteiger charge is 2.41. The van der Waals surface area contributed by atoms with E-state index in [-0.39, 0.29) is 12.0 Å². The molecule has 0 spiro atoms. The molecule has 8 heteroatoms. The minimum absolute atomic E-state index is 0.194. The van der Waals surface area contributed by atoms with E-state index in [2.05, 4.69) is 54.4 Å². The van der Waals surface area contributed by atoms with E-state index in [9.17, 15) is 4.79 Å². The summed E-state index contributed by atoms with van der Waals surface area (Å²) in [5.41, 5.74) is 8.32. The fourth-order valence-corrected chi connectivity index (χ4v) is 5.78. The van der Waals surface area contributed by atoms with Gasteiger partial charge in [0.05, 0.1) is 41.0 Å². The van der Waals surface area contributed by atoms with E-state index in [4.69, 9.17) is 19.8 Å². The van der Waals surface area contributed by atoms with Gasteiger partial charge in [0, 0.05) is 11.3 Å². The summed E-state index contributed by atoms with van der Waals surface area (Å²) in [5, 5.41) is 8.51. The van der Waals surface area contributed by atoms with Gasteiger partial charge in [0.2, 0.25) is 0 Å². The zero-order chi connectivity index (χ0) is 29.5. The Morgan fingerprint density at radius 1 is 0.860 bits per heavy atom. The molecule has 7 rings (SSSR count). The number of aryl methyl sites for hydroxylation is 2. The van der Waals surface area contributed by atoms with E-state index in [1.54, 1.807) is 19.1 Å². The van der Waals surface area contributed by atoms with Crippen LogP contribution in [0.25, 0.3) is 5.69 Å². The molecule has 43 heavy (non-hydrogen) atoms.